The van der Waals surface area contributed by atoms with E-state index >= 15 is 0 Å². The number of carboxylic acid groups (broad SMARTS) is 1. The summed E-state index contributed by atoms with van der Waals surface area (Å²) in [4.78, 5) is 10.7. The SMILES string of the molecule is CCC(C(=O)O)n1cc(Br)c(C(F)(F)F)n1. The standard InChI is InChI=1S/C8H8BrF3N2O2/c1-2-5(7(15)16)14-3-4(9)6(13-14)8(10,11)12/h3,5H,2H2,1H3,(H,15,16). The molecule has 90 valence electrons. The summed E-state index contributed by atoms with van der Waals surface area (Å²) in [5, 5.41) is 12.0. The molecule has 0 aliphatic heterocycles. The van der Waals surface area contributed by atoms with Crippen LogP contribution in [-0.2, 0) is 11.0 Å². The van der Waals surface area contributed by atoms with E-state index in [0.29, 0.717) is 0 Å². The maximum absolute atomic E-state index is 12.4. The van der Waals surface area contributed by atoms with Crippen LogP contribution in [0.15, 0.2) is 10.7 Å². The Morgan fingerprint density at radius 1 is 1.69 bits per heavy atom. The maximum atomic E-state index is 12.4. The molecule has 0 saturated carbocycles. The van der Waals surface area contributed by atoms with Gasteiger partial charge in [0.15, 0.2) is 5.69 Å². The Balaban J connectivity index is 3.14. The van der Waals surface area contributed by atoms with E-state index in [1.54, 1.807) is 6.92 Å². The van der Waals surface area contributed by atoms with E-state index in [1.807, 2.05) is 0 Å². The van der Waals surface area contributed by atoms with Crippen molar-refractivity contribution >= 4 is 21.9 Å². The minimum absolute atomic E-state index is 0.154. The molecular formula is C8H8BrF3N2O2. The third kappa shape index (κ3) is 2.55. The zero-order valence-electron chi connectivity index (χ0n) is 8.12. The summed E-state index contributed by atoms with van der Waals surface area (Å²) in [6.07, 6.45) is -3.42. The van der Waals surface area contributed by atoms with Crippen LogP contribution in [0.5, 0.6) is 0 Å². The van der Waals surface area contributed by atoms with Gasteiger partial charge in [-0.2, -0.15) is 18.3 Å². The van der Waals surface area contributed by atoms with E-state index in [4.69, 9.17) is 5.11 Å². The van der Waals surface area contributed by atoms with E-state index in [2.05, 4.69) is 21.0 Å². The largest absolute Gasteiger partial charge is 0.480 e. The van der Waals surface area contributed by atoms with Crippen LogP contribution in [0, 0.1) is 0 Å². The van der Waals surface area contributed by atoms with Gasteiger partial charge in [-0.1, -0.05) is 6.92 Å². The van der Waals surface area contributed by atoms with Gasteiger partial charge in [0.1, 0.15) is 6.04 Å². The van der Waals surface area contributed by atoms with Crippen LogP contribution in [0.3, 0.4) is 0 Å². The van der Waals surface area contributed by atoms with Crippen molar-refractivity contribution in [3.63, 3.8) is 0 Å². The third-order valence-electron chi connectivity index (χ3n) is 1.95. The molecule has 0 fully saturated rings. The molecule has 16 heavy (non-hydrogen) atoms. The molecular weight excluding hydrogens is 293 g/mol. The molecule has 8 heteroatoms. The van der Waals surface area contributed by atoms with Gasteiger partial charge in [-0.25, -0.2) is 4.79 Å². The number of rotatable bonds is 3. The van der Waals surface area contributed by atoms with E-state index in [0.717, 1.165) is 10.9 Å². The second-order valence-corrected chi connectivity index (χ2v) is 3.92. The number of aliphatic carboxylic acids is 1. The number of carboxylic acids is 1. The van der Waals surface area contributed by atoms with Gasteiger partial charge in [-0.05, 0) is 22.4 Å². The van der Waals surface area contributed by atoms with Gasteiger partial charge in [-0.3, -0.25) is 4.68 Å². The number of alkyl halides is 3. The summed E-state index contributed by atoms with van der Waals surface area (Å²) < 4.78 is 37.7. The van der Waals surface area contributed by atoms with Crippen LogP contribution in [0.1, 0.15) is 25.1 Å². The number of aromatic nitrogens is 2. The highest BCUT2D eigenvalue weighted by Gasteiger charge is 2.37. The summed E-state index contributed by atoms with van der Waals surface area (Å²) in [5.74, 6) is -1.22. The quantitative estimate of drug-likeness (QED) is 0.934. The first-order valence-electron chi connectivity index (χ1n) is 4.32. The number of carbonyl (C=O) groups is 1. The van der Waals surface area contributed by atoms with Crippen molar-refractivity contribution in [3.8, 4) is 0 Å². The van der Waals surface area contributed by atoms with Crippen molar-refractivity contribution in [2.24, 2.45) is 0 Å². The van der Waals surface area contributed by atoms with Gasteiger partial charge >= 0.3 is 12.1 Å². The molecule has 0 bridgehead atoms. The predicted molar refractivity (Wildman–Crippen MR) is 51.9 cm³/mol. The lowest BCUT2D eigenvalue weighted by atomic mass is 10.2. The Morgan fingerprint density at radius 3 is 2.56 bits per heavy atom. The van der Waals surface area contributed by atoms with Gasteiger partial charge in [0.2, 0.25) is 0 Å². The molecule has 1 aromatic rings. The Labute approximate surface area is 97.2 Å². The van der Waals surface area contributed by atoms with Crippen molar-refractivity contribution in [3.05, 3.63) is 16.4 Å². The van der Waals surface area contributed by atoms with Crippen LogP contribution in [-0.4, -0.2) is 20.9 Å². The van der Waals surface area contributed by atoms with Crippen LogP contribution in [0.25, 0.3) is 0 Å². The monoisotopic (exact) mass is 300 g/mol. The van der Waals surface area contributed by atoms with Gasteiger partial charge < -0.3 is 5.11 Å². The Kier molecular flexibility index (Phi) is 3.61. The molecule has 0 amide bonds. The van der Waals surface area contributed by atoms with Gasteiger partial charge in [0.25, 0.3) is 0 Å². The third-order valence-corrected chi connectivity index (χ3v) is 2.53. The second-order valence-electron chi connectivity index (χ2n) is 3.07. The fraction of sp³-hybridized carbons (Fsp3) is 0.500. The molecule has 0 saturated heterocycles. The first-order chi connectivity index (χ1) is 7.27. The fourth-order valence-electron chi connectivity index (χ4n) is 1.20. The van der Waals surface area contributed by atoms with Gasteiger partial charge in [0, 0.05) is 6.20 Å². The van der Waals surface area contributed by atoms with Crippen molar-refractivity contribution in [2.75, 3.05) is 0 Å². The van der Waals surface area contributed by atoms with Gasteiger partial charge in [0.05, 0.1) is 4.47 Å². The van der Waals surface area contributed by atoms with Crippen LogP contribution >= 0.6 is 15.9 Å². The smallest absolute Gasteiger partial charge is 0.436 e. The average Bonchev–Trinajstić information content (AvgIpc) is 2.47. The number of nitrogens with zero attached hydrogens (tertiary/aromatic N) is 2. The molecule has 4 nitrogen and oxygen atoms in total. The number of hydrogen-bond acceptors (Lipinski definition) is 2. The van der Waals surface area contributed by atoms with Crippen molar-refractivity contribution < 1.29 is 23.1 Å². The van der Waals surface area contributed by atoms with E-state index < -0.39 is 23.9 Å². The molecule has 0 spiro atoms. The normalized spacial score (nSPS) is 13.8. The number of hydrogen-bond donors (Lipinski definition) is 1. The molecule has 0 aliphatic rings. The number of halogens is 4. The molecule has 1 rings (SSSR count). The summed E-state index contributed by atoms with van der Waals surface area (Å²) >= 11 is 2.70. The minimum atomic E-state index is -4.60. The maximum Gasteiger partial charge on any atom is 0.436 e. The lowest BCUT2D eigenvalue weighted by Gasteiger charge is -2.09. The molecule has 1 heterocycles. The summed E-state index contributed by atoms with van der Waals surface area (Å²) in [6, 6.07) is -1.09. The molecule has 1 N–H and O–H groups in total. The van der Waals surface area contributed by atoms with E-state index in [9.17, 15) is 18.0 Å². The highest BCUT2D eigenvalue weighted by molar-refractivity contribution is 9.10. The van der Waals surface area contributed by atoms with Crippen LogP contribution < -0.4 is 0 Å². The summed E-state index contributed by atoms with van der Waals surface area (Å²) in [5.41, 5.74) is -1.12. The summed E-state index contributed by atoms with van der Waals surface area (Å²) in [7, 11) is 0. The lowest BCUT2D eigenvalue weighted by Crippen LogP contribution is -2.19. The molecule has 1 atom stereocenters. The molecule has 1 unspecified atom stereocenters. The topological polar surface area (TPSA) is 55.1 Å². The van der Waals surface area contributed by atoms with E-state index in [-0.39, 0.29) is 10.9 Å². The lowest BCUT2D eigenvalue weighted by molar-refractivity contribution is -0.145. The Bertz CT molecular complexity index is 402. The van der Waals surface area contributed by atoms with E-state index in [1.165, 1.54) is 0 Å². The molecule has 0 aromatic carbocycles. The second kappa shape index (κ2) is 4.44. The molecule has 0 aliphatic carbocycles. The van der Waals surface area contributed by atoms with Gasteiger partial charge in [-0.15, -0.1) is 0 Å². The van der Waals surface area contributed by atoms with Crippen LogP contribution in [0.2, 0.25) is 0 Å². The predicted octanol–water partition coefficient (Wildman–Crippen LogP) is 2.70. The fourth-order valence-corrected chi connectivity index (χ4v) is 1.71. The minimum Gasteiger partial charge on any atom is -0.480 e. The molecule has 1 aromatic heterocycles. The summed E-state index contributed by atoms with van der Waals surface area (Å²) in [6.45, 7) is 1.56. The van der Waals surface area contributed by atoms with Crippen molar-refractivity contribution in [2.45, 2.75) is 25.6 Å². The average molecular weight is 301 g/mol. The first kappa shape index (κ1) is 13.0. The zero-order valence-corrected chi connectivity index (χ0v) is 9.71. The zero-order chi connectivity index (χ0) is 12.5. The molecule has 0 radical (unpaired) electrons. The first-order valence-corrected chi connectivity index (χ1v) is 5.11. The highest BCUT2D eigenvalue weighted by atomic mass is 79.9. The van der Waals surface area contributed by atoms with Crippen molar-refractivity contribution in [1.82, 2.24) is 9.78 Å². The Morgan fingerprint density at radius 2 is 2.25 bits per heavy atom. The highest BCUT2D eigenvalue weighted by Crippen LogP contribution is 2.34. The van der Waals surface area contributed by atoms with Crippen molar-refractivity contribution in [1.29, 1.82) is 0 Å². The van der Waals surface area contributed by atoms with Crippen LogP contribution in [0.4, 0.5) is 13.2 Å². The Hall–Kier alpha value is -1.05.